The van der Waals surface area contributed by atoms with Gasteiger partial charge in [0.05, 0.1) is 11.1 Å². The molecule has 4 fully saturated rings. The van der Waals surface area contributed by atoms with Gasteiger partial charge in [0.1, 0.15) is 6.04 Å². The first-order valence-electron chi connectivity index (χ1n) is 18.0. The van der Waals surface area contributed by atoms with Gasteiger partial charge in [0.25, 0.3) is 17.7 Å². The summed E-state index contributed by atoms with van der Waals surface area (Å²) in [7, 11) is 0. The Morgan fingerprint density at radius 3 is 2.18 bits per heavy atom. The average molecular weight is 685 g/mol. The number of carbonyl (C=O) groups is 5. The molecule has 1 unspecified atom stereocenters. The Labute approximate surface area is 293 Å². The minimum Gasteiger partial charge on any atom is -0.369 e. The first-order chi connectivity index (χ1) is 23.8. The fourth-order valence-corrected chi connectivity index (χ4v) is 9.22. The second-order valence-corrected chi connectivity index (χ2v) is 16.1. The first-order valence-corrected chi connectivity index (χ1v) is 18.0. The first kappa shape index (κ1) is 34.1. The zero-order chi connectivity index (χ0) is 35.4. The highest BCUT2D eigenvalue weighted by atomic mass is 16.2. The topological polar surface area (TPSA) is 148 Å². The van der Waals surface area contributed by atoms with Crippen LogP contribution in [0.25, 0.3) is 0 Å². The molecule has 4 aliphatic heterocycles. The lowest BCUT2D eigenvalue weighted by Gasteiger charge is -2.57. The smallest absolute Gasteiger partial charge is 0.272 e. The third-order valence-corrected chi connectivity index (χ3v) is 11.6. The Kier molecular flexibility index (Phi) is 8.90. The zero-order valence-electron chi connectivity index (χ0n) is 29.5. The summed E-state index contributed by atoms with van der Waals surface area (Å²) in [4.78, 5) is 71.2. The van der Waals surface area contributed by atoms with E-state index in [0.717, 1.165) is 87.9 Å². The minimum atomic E-state index is -0.961. The summed E-state index contributed by atoms with van der Waals surface area (Å²) in [5.41, 5.74) is 2.02. The van der Waals surface area contributed by atoms with Gasteiger partial charge >= 0.3 is 0 Å². The molecule has 5 amide bonds. The lowest BCUT2D eigenvalue weighted by Crippen LogP contribution is -2.63. The molecule has 1 aromatic carbocycles. The number of imide groups is 2. The zero-order valence-corrected chi connectivity index (χ0v) is 29.5. The van der Waals surface area contributed by atoms with Crippen LogP contribution in [0.2, 0.25) is 0 Å². The van der Waals surface area contributed by atoms with E-state index < -0.39 is 23.8 Å². The van der Waals surface area contributed by atoms with Crippen molar-refractivity contribution in [2.24, 2.45) is 16.7 Å². The average Bonchev–Trinajstić information content (AvgIpc) is 3.34. The van der Waals surface area contributed by atoms with Gasteiger partial charge in [0.2, 0.25) is 11.8 Å². The van der Waals surface area contributed by atoms with Crippen LogP contribution in [0.5, 0.6) is 0 Å². The van der Waals surface area contributed by atoms with Crippen molar-refractivity contribution in [1.82, 2.24) is 30.6 Å². The van der Waals surface area contributed by atoms with Crippen molar-refractivity contribution in [3.05, 3.63) is 47.2 Å². The standard InChI is InChI=1S/C37H48N8O5/c1-36(2)22-37(3,4)35(36)39-31(47)27-7-9-29(41-40-27)44-15-12-23(13-16-44)11-14-42-17-19-43(20-18-42)24-5-6-25-26(21-24)34(50)45(33(25)49)28-8-10-30(46)38-32(28)48/h5-7,9,21,23,28,35H,8,10-20,22H2,1-4H3,(H,39,47)(H,38,46,48). The predicted molar refractivity (Wildman–Crippen MR) is 187 cm³/mol. The van der Waals surface area contributed by atoms with Crippen molar-refractivity contribution in [1.29, 1.82) is 0 Å². The number of benzene rings is 1. The predicted octanol–water partition coefficient (Wildman–Crippen LogP) is 2.86. The molecule has 13 heteroatoms. The van der Waals surface area contributed by atoms with Crippen LogP contribution in [0.1, 0.15) is 97.4 Å². The highest BCUT2D eigenvalue weighted by molar-refractivity contribution is 6.23. The van der Waals surface area contributed by atoms with E-state index in [1.54, 1.807) is 18.2 Å². The molecule has 0 spiro atoms. The molecule has 2 N–H and O–H groups in total. The maximum Gasteiger partial charge on any atom is 0.272 e. The molecule has 2 aromatic rings. The number of hydrogen-bond donors (Lipinski definition) is 2. The molecule has 1 atom stereocenters. The van der Waals surface area contributed by atoms with Gasteiger partial charge in [-0.05, 0) is 85.7 Å². The highest BCUT2D eigenvalue weighted by Gasteiger charge is 2.53. The molecule has 7 rings (SSSR count). The molecule has 3 saturated heterocycles. The molecule has 13 nitrogen and oxygen atoms in total. The number of hydrogen-bond acceptors (Lipinski definition) is 10. The van der Waals surface area contributed by atoms with Crippen LogP contribution in [-0.4, -0.2) is 107 Å². The third-order valence-electron chi connectivity index (χ3n) is 11.6. The summed E-state index contributed by atoms with van der Waals surface area (Å²) < 4.78 is 0. The van der Waals surface area contributed by atoms with Crippen LogP contribution >= 0.6 is 0 Å². The maximum atomic E-state index is 13.3. The van der Waals surface area contributed by atoms with Gasteiger partial charge < -0.3 is 15.1 Å². The van der Waals surface area contributed by atoms with Crippen molar-refractivity contribution >= 4 is 41.0 Å². The number of aromatic nitrogens is 2. The van der Waals surface area contributed by atoms with E-state index >= 15 is 0 Å². The number of fused-ring (bicyclic) bond motifs is 1. The normalized spacial score (nSPS) is 24.2. The van der Waals surface area contributed by atoms with Crippen molar-refractivity contribution < 1.29 is 24.0 Å². The van der Waals surface area contributed by atoms with Crippen LogP contribution in [0.4, 0.5) is 11.5 Å². The van der Waals surface area contributed by atoms with E-state index in [0.29, 0.717) is 22.7 Å². The van der Waals surface area contributed by atoms with Gasteiger partial charge in [-0.15, -0.1) is 10.2 Å². The van der Waals surface area contributed by atoms with E-state index in [-0.39, 0.29) is 41.5 Å². The molecular formula is C37H48N8O5. The maximum absolute atomic E-state index is 13.3. The number of nitrogens with zero attached hydrogens (tertiary/aromatic N) is 6. The number of piperazine rings is 1. The third kappa shape index (κ3) is 6.47. The lowest BCUT2D eigenvalue weighted by atomic mass is 9.52. The Morgan fingerprint density at radius 2 is 1.54 bits per heavy atom. The molecule has 5 aliphatic rings. The number of amides is 5. The Bertz CT molecular complexity index is 1680. The van der Waals surface area contributed by atoms with E-state index in [2.05, 4.69) is 63.2 Å². The summed E-state index contributed by atoms with van der Waals surface area (Å²) in [6.45, 7) is 15.1. The van der Waals surface area contributed by atoms with E-state index in [1.807, 2.05) is 12.1 Å². The second kappa shape index (κ2) is 13.1. The summed E-state index contributed by atoms with van der Waals surface area (Å²) in [6, 6.07) is 8.19. The van der Waals surface area contributed by atoms with Gasteiger partial charge in [-0.2, -0.15) is 0 Å². The quantitative estimate of drug-likeness (QED) is 0.398. The van der Waals surface area contributed by atoms with E-state index in [9.17, 15) is 24.0 Å². The van der Waals surface area contributed by atoms with Crippen LogP contribution < -0.4 is 20.4 Å². The lowest BCUT2D eigenvalue weighted by molar-refractivity contribution is -0.136. The van der Waals surface area contributed by atoms with Crippen molar-refractivity contribution in [2.75, 3.05) is 55.6 Å². The molecule has 5 heterocycles. The van der Waals surface area contributed by atoms with Crippen molar-refractivity contribution in [3.8, 4) is 0 Å². The molecule has 1 aliphatic carbocycles. The van der Waals surface area contributed by atoms with Crippen LogP contribution in [-0.2, 0) is 9.59 Å². The molecule has 0 radical (unpaired) electrons. The minimum absolute atomic E-state index is 0.0761. The second-order valence-electron chi connectivity index (χ2n) is 16.1. The molecule has 1 saturated carbocycles. The molecule has 0 bridgehead atoms. The molecular weight excluding hydrogens is 636 g/mol. The SMILES string of the molecule is CC1(C)CC(C)(C)C1NC(=O)c1ccc(N2CCC(CCN3CCN(c4ccc5c(c4)C(=O)N(C4CCC(=O)NC4=O)C5=O)CC3)CC2)nn1. The van der Waals surface area contributed by atoms with Gasteiger partial charge in [-0.3, -0.25) is 39.1 Å². The van der Waals surface area contributed by atoms with Gasteiger partial charge in [0.15, 0.2) is 11.5 Å². The summed E-state index contributed by atoms with van der Waals surface area (Å²) in [5, 5.41) is 14.1. The summed E-state index contributed by atoms with van der Waals surface area (Å²) >= 11 is 0. The largest absolute Gasteiger partial charge is 0.369 e. The van der Waals surface area contributed by atoms with Gasteiger partial charge in [-0.1, -0.05) is 27.7 Å². The Hall–Kier alpha value is -4.39. The Morgan fingerprint density at radius 1 is 0.840 bits per heavy atom. The highest BCUT2D eigenvalue weighted by Crippen LogP contribution is 2.53. The van der Waals surface area contributed by atoms with Crippen LogP contribution in [0, 0.1) is 16.7 Å². The summed E-state index contributed by atoms with van der Waals surface area (Å²) in [6.07, 6.45) is 4.64. The number of carbonyl (C=O) groups excluding carboxylic acids is 5. The van der Waals surface area contributed by atoms with Crippen molar-refractivity contribution in [3.63, 3.8) is 0 Å². The fraction of sp³-hybridized carbons (Fsp3) is 0.595. The molecule has 1 aromatic heterocycles. The van der Waals surface area contributed by atoms with Gasteiger partial charge in [-0.25, -0.2) is 0 Å². The number of anilines is 2. The van der Waals surface area contributed by atoms with E-state index in [1.165, 1.54) is 0 Å². The number of piperidine rings is 2. The molecule has 266 valence electrons. The van der Waals surface area contributed by atoms with E-state index in [4.69, 9.17) is 0 Å². The summed E-state index contributed by atoms with van der Waals surface area (Å²) in [5.74, 6) is -0.642. The van der Waals surface area contributed by atoms with Gasteiger partial charge in [0, 0.05) is 57.4 Å². The molecule has 50 heavy (non-hydrogen) atoms. The number of nitrogens with one attached hydrogen (secondary N) is 2. The monoisotopic (exact) mass is 684 g/mol. The fourth-order valence-electron chi connectivity index (χ4n) is 9.22. The van der Waals surface area contributed by atoms with Crippen molar-refractivity contribution in [2.45, 2.75) is 78.3 Å². The van der Waals surface area contributed by atoms with Crippen LogP contribution in [0.15, 0.2) is 30.3 Å². The Balaban J connectivity index is 0.848. The number of rotatable bonds is 8. The van der Waals surface area contributed by atoms with Crippen LogP contribution in [0.3, 0.4) is 0 Å².